The maximum atomic E-state index is 10.2. The highest BCUT2D eigenvalue weighted by atomic mass is 16.5. The molecule has 0 amide bonds. The molecule has 0 saturated heterocycles. The van der Waals surface area contributed by atoms with Crippen molar-refractivity contribution in [2.24, 2.45) is 0 Å². The molecule has 1 aromatic carbocycles. The summed E-state index contributed by atoms with van der Waals surface area (Å²) in [4.78, 5) is 10.2. The van der Waals surface area contributed by atoms with Gasteiger partial charge in [-0.1, -0.05) is 30.9 Å². The molecule has 1 rings (SSSR count). The number of benzene rings is 1. The lowest BCUT2D eigenvalue weighted by Gasteiger charge is -2.13. The Kier molecular flexibility index (Phi) is 4.48. The third-order valence-corrected chi connectivity index (χ3v) is 1.86. The molecule has 1 atom stereocenters. The molecule has 2 heteroatoms. The van der Waals surface area contributed by atoms with Gasteiger partial charge in [-0.15, -0.1) is 0 Å². The first kappa shape index (κ1) is 10.5. The Morgan fingerprint density at radius 2 is 2.07 bits per heavy atom. The predicted molar refractivity (Wildman–Crippen MR) is 56.4 cm³/mol. The summed E-state index contributed by atoms with van der Waals surface area (Å²) < 4.78 is 5.59. The zero-order chi connectivity index (χ0) is 10.2. The normalized spacial score (nSPS) is 11.7. The molecule has 0 bridgehead atoms. The third-order valence-electron chi connectivity index (χ3n) is 1.86. The third kappa shape index (κ3) is 3.44. The van der Waals surface area contributed by atoms with Crippen LogP contribution in [0.15, 0.2) is 43.0 Å². The average Bonchev–Trinajstić information content (AvgIpc) is 2.25. The van der Waals surface area contributed by atoms with Crippen LogP contribution in [0.3, 0.4) is 0 Å². The Labute approximate surface area is 84.2 Å². The number of rotatable bonds is 6. The molecule has 0 aliphatic carbocycles. The molecule has 0 N–H and O–H groups in total. The first-order chi connectivity index (χ1) is 6.86. The molecule has 14 heavy (non-hydrogen) atoms. The first-order valence-corrected chi connectivity index (χ1v) is 4.64. The molecule has 0 heterocycles. The standard InChI is InChI=1S/C12H14O2/c1-2-11(9-6-10-13)14-12-7-4-3-5-8-12/h2-5,7-8,10-11H,1,6,9H2. The van der Waals surface area contributed by atoms with Crippen molar-refractivity contribution in [3.05, 3.63) is 43.0 Å². The molecule has 1 aromatic rings. The van der Waals surface area contributed by atoms with Crippen molar-refractivity contribution in [2.75, 3.05) is 0 Å². The van der Waals surface area contributed by atoms with Crippen LogP contribution in [0.2, 0.25) is 0 Å². The maximum Gasteiger partial charge on any atom is 0.120 e. The van der Waals surface area contributed by atoms with E-state index in [2.05, 4.69) is 6.58 Å². The number of carbonyl (C=O) groups is 1. The molecule has 0 aliphatic rings. The van der Waals surface area contributed by atoms with Crippen molar-refractivity contribution in [1.82, 2.24) is 0 Å². The summed E-state index contributed by atoms with van der Waals surface area (Å²) >= 11 is 0. The van der Waals surface area contributed by atoms with E-state index in [0.717, 1.165) is 12.0 Å². The number of ether oxygens (including phenoxy) is 1. The minimum atomic E-state index is -0.0809. The number of carbonyl (C=O) groups excluding carboxylic acids is 1. The molecular weight excluding hydrogens is 176 g/mol. The number of para-hydroxylation sites is 1. The van der Waals surface area contributed by atoms with Gasteiger partial charge in [0.15, 0.2) is 0 Å². The van der Waals surface area contributed by atoms with E-state index in [1.165, 1.54) is 0 Å². The second-order valence-corrected chi connectivity index (χ2v) is 2.95. The van der Waals surface area contributed by atoms with E-state index in [0.29, 0.717) is 12.8 Å². The zero-order valence-electron chi connectivity index (χ0n) is 8.06. The Morgan fingerprint density at radius 3 is 2.64 bits per heavy atom. The highest BCUT2D eigenvalue weighted by molar-refractivity contribution is 5.49. The van der Waals surface area contributed by atoms with Gasteiger partial charge in [-0.3, -0.25) is 0 Å². The Hall–Kier alpha value is -1.57. The molecule has 74 valence electrons. The van der Waals surface area contributed by atoms with Crippen LogP contribution < -0.4 is 4.74 Å². The zero-order valence-corrected chi connectivity index (χ0v) is 8.06. The number of hydrogen-bond acceptors (Lipinski definition) is 2. The molecule has 0 fully saturated rings. The van der Waals surface area contributed by atoms with E-state index < -0.39 is 0 Å². The smallest absolute Gasteiger partial charge is 0.120 e. The summed E-state index contributed by atoms with van der Waals surface area (Å²) in [7, 11) is 0. The highest BCUT2D eigenvalue weighted by Gasteiger charge is 2.04. The van der Waals surface area contributed by atoms with Crippen molar-refractivity contribution in [2.45, 2.75) is 18.9 Å². The predicted octanol–water partition coefficient (Wildman–Crippen LogP) is 2.60. The Bertz CT molecular complexity index is 280. The van der Waals surface area contributed by atoms with Crippen LogP contribution in [-0.2, 0) is 4.79 Å². The lowest BCUT2D eigenvalue weighted by molar-refractivity contribution is -0.108. The molecule has 0 aromatic heterocycles. The van der Waals surface area contributed by atoms with Gasteiger partial charge in [-0.2, -0.15) is 0 Å². The van der Waals surface area contributed by atoms with Crippen molar-refractivity contribution in [3.63, 3.8) is 0 Å². The summed E-state index contributed by atoms with van der Waals surface area (Å²) in [6.45, 7) is 3.67. The summed E-state index contributed by atoms with van der Waals surface area (Å²) in [5.74, 6) is 0.809. The summed E-state index contributed by atoms with van der Waals surface area (Å²) in [5, 5.41) is 0. The van der Waals surface area contributed by atoms with Gasteiger partial charge in [0.05, 0.1) is 0 Å². The van der Waals surface area contributed by atoms with Gasteiger partial charge in [0, 0.05) is 6.42 Å². The topological polar surface area (TPSA) is 26.3 Å². The molecule has 0 saturated carbocycles. The van der Waals surface area contributed by atoms with Crippen molar-refractivity contribution < 1.29 is 9.53 Å². The minimum absolute atomic E-state index is 0.0809. The largest absolute Gasteiger partial charge is 0.486 e. The number of aldehydes is 1. The molecule has 0 radical (unpaired) electrons. The van der Waals surface area contributed by atoms with Crippen LogP contribution in [0, 0.1) is 0 Å². The van der Waals surface area contributed by atoms with Gasteiger partial charge in [0.2, 0.25) is 0 Å². The van der Waals surface area contributed by atoms with Crippen LogP contribution in [0.25, 0.3) is 0 Å². The van der Waals surface area contributed by atoms with E-state index in [1.54, 1.807) is 6.08 Å². The van der Waals surface area contributed by atoms with Crippen molar-refractivity contribution in [3.8, 4) is 5.75 Å². The fourth-order valence-corrected chi connectivity index (χ4v) is 1.13. The van der Waals surface area contributed by atoms with E-state index >= 15 is 0 Å². The van der Waals surface area contributed by atoms with Gasteiger partial charge < -0.3 is 9.53 Å². The van der Waals surface area contributed by atoms with Crippen LogP contribution in [-0.4, -0.2) is 12.4 Å². The van der Waals surface area contributed by atoms with E-state index in [-0.39, 0.29) is 6.10 Å². The fraction of sp³-hybridized carbons (Fsp3) is 0.250. The second-order valence-electron chi connectivity index (χ2n) is 2.95. The van der Waals surface area contributed by atoms with Crippen molar-refractivity contribution >= 4 is 6.29 Å². The van der Waals surface area contributed by atoms with Crippen LogP contribution in [0.5, 0.6) is 5.75 Å². The van der Waals surface area contributed by atoms with E-state index in [4.69, 9.17) is 4.74 Å². The Balaban J connectivity index is 2.48. The van der Waals surface area contributed by atoms with Gasteiger partial charge >= 0.3 is 0 Å². The van der Waals surface area contributed by atoms with Crippen molar-refractivity contribution in [1.29, 1.82) is 0 Å². The van der Waals surface area contributed by atoms with Gasteiger partial charge in [0.25, 0.3) is 0 Å². The molecule has 0 aliphatic heterocycles. The van der Waals surface area contributed by atoms with E-state index in [9.17, 15) is 4.79 Å². The average molecular weight is 190 g/mol. The molecule has 2 nitrogen and oxygen atoms in total. The fourth-order valence-electron chi connectivity index (χ4n) is 1.13. The summed E-state index contributed by atoms with van der Waals surface area (Å²) in [5.41, 5.74) is 0. The Morgan fingerprint density at radius 1 is 1.36 bits per heavy atom. The summed E-state index contributed by atoms with van der Waals surface area (Å²) in [6.07, 6.45) is 3.72. The molecule has 1 unspecified atom stereocenters. The second kappa shape index (κ2) is 5.97. The quantitative estimate of drug-likeness (QED) is 0.509. The highest BCUT2D eigenvalue weighted by Crippen LogP contribution is 2.13. The van der Waals surface area contributed by atoms with Gasteiger partial charge in [0.1, 0.15) is 18.1 Å². The van der Waals surface area contributed by atoms with Crippen LogP contribution in [0.1, 0.15) is 12.8 Å². The maximum absolute atomic E-state index is 10.2. The van der Waals surface area contributed by atoms with Gasteiger partial charge in [-0.05, 0) is 18.6 Å². The first-order valence-electron chi connectivity index (χ1n) is 4.64. The lowest BCUT2D eigenvalue weighted by atomic mass is 10.2. The van der Waals surface area contributed by atoms with Crippen LogP contribution in [0.4, 0.5) is 0 Å². The van der Waals surface area contributed by atoms with Crippen LogP contribution >= 0.6 is 0 Å². The lowest BCUT2D eigenvalue weighted by Crippen LogP contribution is -2.13. The minimum Gasteiger partial charge on any atom is -0.486 e. The number of hydrogen-bond donors (Lipinski definition) is 0. The van der Waals surface area contributed by atoms with E-state index in [1.807, 2.05) is 30.3 Å². The van der Waals surface area contributed by atoms with Gasteiger partial charge in [-0.25, -0.2) is 0 Å². The monoisotopic (exact) mass is 190 g/mol. The molecular formula is C12H14O2. The SMILES string of the molecule is C=CC(CCC=O)Oc1ccccc1. The molecule has 0 spiro atoms. The summed E-state index contributed by atoms with van der Waals surface area (Å²) in [6, 6.07) is 9.53.